The fourth-order valence-electron chi connectivity index (χ4n) is 2.49. The van der Waals surface area contributed by atoms with Crippen molar-refractivity contribution in [3.8, 4) is 0 Å². The van der Waals surface area contributed by atoms with Gasteiger partial charge >= 0.3 is 0 Å². The van der Waals surface area contributed by atoms with Crippen LogP contribution >= 0.6 is 0 Å². The van der Waals surface area contributed by atoms with Gasteiger partial charge in [0.2, 0.25) is 0 Å². The monoisotopic (exact) mass is 273 g/mol. The molecule has 0 amide bonds. The molecule has 0 spiro atoms. The lowest BCUT2D eigenvalue weighted by Crippen LogP contribution is -2.38. The van der Waals surface area contributed by atoms with E-state index in [1.807, 2.05) is 6.21 Å². The molecule has 110 valence electrons. The minimum absolute atomic E-state index is 0.0551. The third kappa shape index (κ3) is 2.25. The molecule has 1 heterocycles. The Labute approximate surface area is 123 Å². The SMILES string of the molecule is CC(C)C1(C)C=CC2=C(C=C1)C(C)(C(C)(C)C)C=NO2. The minimum Gasteiger partial charge on any atom is -0.357 e. The Bertz CT molecular complexity index is 516. The predicted octanol–water partition coefficient (Wildman–Crippen LogP) is 5.10. The van der Waals surface area contributed by atoms with Crippen LogP contribution in [0.1, 0.15) is 48.5 Å². The van der Waals surface area contributed by atoms with Crippen molar-refractivity contribution in [3.63, 3.8) is 0 Å². The summed E-state index contributed by atoms with van der Waals surface area (Å²) >= 11 is 0. The molecule has 2 rings (SSSR count). The Morgan fingerprint density at radius 2 is 1.70 bits per heavy atom. The lowest BCUT2D eigenvalue weighted by Gasteiger charge is -2.41. The van der Waals surface area contributed by atoms with Gasteiger partial charge in [-0.15, -0.1) is 0 Å². The van der Waals surface area contributed by atoms with Crippen molar-refractivity contribution in [1.82, 2.24) is 0 Å². The van der Waals surface area contributed by atoms with Crippen LogP contribution in [0.4, 0.5) is 0 Å². The summed E-state index contributed by atoms with van der Waals surface area (Å²) in [4.78, 5) is 5.54. The Hall–Kier alpha value is -1.31. The van der Waals surface area contributed by atoms with E-state index >= 15 is 0 Å². The maximum atomic E-state index is 5.54. The Kier molecular flexibility index (Phi) is 3.48. The molecule has 0 aromatic heterocycles. The van der Waals surface area contributed by atoms with Gasteiger partial charge in [0.25, 0.3) is 0 Å². The van der Waals surface area contributed by atoms with Gasteiger partial charge in [0.15, 0.2) is 5.76 Å². The summed E-state index contributed by atoms with van der Waals surface area (Å²) < 4.78 is 0. The van der Waals surface area contributed by atoms with Crippen LogP contribution in [0.25, 0.3) is 0 Å². The van der Waals surface area contributed by atoms with E-state index in [9.17, 15) is 0 Å². The van der Waals surface area contributed by atoms with E-state index in [1.165, 1.54) is 5.57 Å². The molecular weight excluding hydrogens is 246 g/mol. The number of oxime groups is 1. The molecule has 0 N–H and O–H groups in total. The number of hydrogen-bond acceptors (Lipinski definition) is 2. The maximum absolute atomic E-state index is 5.54. The van der Waals surface area contributed by atoms with Crippen LogP contribution in [0.5, 0.6) is 0 Å². The van der Waals surface area contributed by atoms with Gasteiger partial charge < -0.3 is 4.84 Å². The average Bonchev–Trinajstić information content (AvgIpc) is 2.50. The Balaban J connectivity index is 2.52. The van der Waals surface area contributed by atoms with E-state index in [0.717, 1.165) is 5.76 Å². The molecule has 2 nitrogen and oxygen atoms in total. The van der Waals surface area contributed by atoms with Crippen molar-refractivity contribution in [2.24, 2.45) is 27.3 Å². The van der Waals surface area contributed by atoms with Crippen LogP contribution in [-0.4, -0.2) is 6.21 Å². The van der Waals surface area contributed by atoms with E-state index in [0.29, 0.717) is 5.92 Å². The van der Waals surface area contributed by atoms with Crippen molar-refractivity contribution in [2.75, 3.05) is 0 Å². The lowest BCUT2D eigenvalue weighted by atomic mass is 9.63. The average molecular weight is 273 g/mol. The molecular formula is C18H27NO. The molecule has 2 heteroatoms. The first-order chi connectivity index (χ1) is 9.10. The number of rotatable bonds is 1. The van der Waals surface area contributed by atoms with Gasteiger partial charge in [-0.1, -0.05) is 64.9 Å². The van der Waals surface area contributed by atoms with Gasteiger partial charge in [0.05, 0.1) is 6.21 Å². The molecule has 0 saturated heterocycles. The number of nitrogens with zero attached hydrogens (tertiary/aromatic N) is 1. The summed E-state index contributed by atoms with van der Waals surface area (Å²) in [5.74, 6) is 1.42. The molecule has 0 fully saturated rings. The highest BCUT2D eigenvalue weighted by molar-refractivity contribution is 5.74. The van der Waals surface area contributed by atoms with Crippen LogP contribution in [0, 0.1) is 22.2 Å². The zero-order chi connectivity index (χ0) is 15.2. The van der Waals surface area contributed by atoms with Crippen molar-refractivity contribution in [3.05, 3.63) is 35.6 Å². The topological polar surface area (TPSA) is 21.6 Å². The van der Waals surface area contributed by atoms with E-state index in [1.54, 1.807) is 0 Å². The highest BCUT2D eigenvalue weighted by Crippen LogP contribution is 2.48. The van der Waals surface area contributed by atoms with Gasteiger partial charge in [0.1, 0.15) is 0 Å². The normalized spacial score (nSPS) is 33.2. The van der Waals surface area contributed by atoms with Gasteiger partial charge in [-0.2, -0.15) is 0 Å². The summed E-state index contributed by atoms with van der Waals surface area (Å²) in [5, 5.41) is 4.15. The van der Waals surface area contributed by atoms with E-state index in [4.69, 9.17) is 4.84 Å². The van der Waals surface area contributed by atoms with Gasteiger partial charge in [0, 0.05) is 16.4 Å². The molecule has 0 aromatic carbocycles. The summed E-state index contributed by atoms with van der Waals surface area (Å²) in [6, 6.07) is 0. The summed E-state index contributed by atoms with van der Waals surface area (Å²) in [6.45, 7) is 15.7. The molecule has 20 heavy (non-hydrogen) atoms. The zero-order valence-electron chi connectivity index (χ0n) is 13.8. The zero-order valence-corrected chi connectivity index (χ0v) is 13.8. The molecule has 0 radical (unpaired) electrons. The second-order valence-corrected chi connectivity index (χ2v) is 7.74. The first kappa shape index (κ1) is 15.1. The van der Waals surface area contributed by atoms with E-state index in [-0.39, 0.29) is 16.2 Å². The number of hydrogen-bond donors (Lipinski definition) is 0. The highest BCUT2D eigenvalue weighted by atomic mass is 16.6. The summed E-state index contributed by atoms with van der Waals surface area (Å²) in [5.41, 5.74) is 1.24. The van der Waals surface area contributed by atoms with Crippen LogP contribution in [0.15, 0.2) is 40.8 Å². The molecule has 0 aromatic rings. The summed E-state index contributed by atoms with van der Waals surface area (Å²) in [6.07, 6.45) is 10.8. The standard InChI is InChI=1S/C18H27NO/c1-13(2)17(6)10-8-14-15(9-11-17)20-19-12-18(14,7)16(3,4)5/h8-13H,1-7H3. The highest BCUT2D eigenvalue weighted by Gasteiger charge is 2.43. The fraction of sp³-hybridized carbons (Fsp3) is 0.611. The Morgan fingerprint density at radius 3 is 2.25 bits per heavy atom. The first-order valence-corrected chi connectivity index (χ1v) is 7.45. The van der Waals surface area contributed by atoms with Crippen molar-refractivity contribution < 1.29 is 4.84 Å². The predicted molar refractivity (Wildman–Crippen MR) is 85.4 cm³/mol. The number of allylic oxidation sites excluding steroid dienone is 5. The Morgan fingerprint density at radius 1 is 1.10 bits per heavy atom. The molecule has 2 atom stereocenters. The van der Waals surface area contributed by atoms with Gasteiger partial charge in [-0.25, -0.2) is 0 Å². The van der Waals surface area contributed by atoms with Crippen LogP contribution in [-0.2, 0) is 4.84 Å². The van der Waals surface area contributed by atoms with Gasteiger partial charge in [-0.05, 0) is 24.3 Å². The molecule has 0 saturated carbocycles. The molecule has 0 bridgehead atoms. The maximum Gasteiger partial charge on any atom is 0.161 e. The van der Waals surface area contributed by atoms with Crippen molar-refractivity contribution >= 4 is 6.21 Å². The third-order valence-corrected chi connectivity index (χ3v) is 5.29. The van der Waals surface area contributed by atoms with Gasteiger partial charge in [-0.3, -0.25) is 0 Å². The van der Waals surface area contributed by atoms with Crippen LogP contribution < -0.4 is 0 Å². The summed E-state index contributed by atoms with van der Waals surface area (Å²) in [7, 11) is 0. The second kappa shape index (κ2) is 4.61. The third-order valence-electron chi connectivity index (χ3n) is 5.29. The van der Waals surface area contributed by atoms with Crippen molar-refractivity contribution in [1.29, 1.82) is 0 Å². The quantitative estimate of drug-likeness (QED) is 0.651. The smallest absolute Gasteiger partial charge is 0.161 e. The minimum atomic E-state index is -0.121. The molecule has 2 unspecified atom stereocenters. The van der Waals surface area contributed by atoms with E-state index in [2.05, 4.69) is 77.9 Å². The molecule has 1 aliphatic heterocycles. The second-order valence-electron chi connectivity index (χ2n) is 7.74. The largest absolute Gasteiger partial charge is 0.357 e. The lowest BCUT2D eigenvalue weighted by molar-refractivity contribution is 0.175. The van der Waals surface area contributed by atoms with Crippen molar-refractivity contribution in [2.45, 2.75) is 48.5 Å². The van der Waals surface area contributed by atoms with Crippen LogP contribution in [0.2, 0.25) is 0 Å². The fourth-order valence-corrected chi connectivity index (χ4v) is 2.49. The first-order valence-electron chi connectivity index (χ1n) is 7.45. The molecule has 1 aliphatic carbocycles. The molecule has 2 aliphatic rings. The van der Waals surface area contributed by atoms with E-state index < -0.39 is 0 Å². The van der Waals surface area contributed by atoms with Crippen LogP contribution in [0.3, 0.4) is 0 Å².